The van der Waals surface area contributed by atoms with Crippen molar-refractivity contribution in [1.82, 2.24) is 0 Å². The van der Waals surface area contributed by atoms with Crippen LogP contribution in [0.1, 0.15) is 19.3 Å². The first-order chi connectivity index (χ1) is 8.16. The summed E-state index contributed by atoms with van der Waals surface area (Å²) in [7, 11) is 0. The van der Waals surface area contributed by atoms with Crippen molar-refractivity contribution in [2.45, 2.75) is 25.3 Å². The lowest BCUT2D eigenvalue weighted by Crippen LogP contribution is -2.20. The van der Waals surface area contributed by atoms with Crippen molar-refractivity contribution in [3.63, 3.8) is 0 Å². The number of nitro groups is 1. The molecule has 1 N–H and O–H groups in total. The second-order valence-corrected chi connectivity index (χ2v) is 4.90. The van der Waals surface area contributed by atoms with Crippen LogP contribution < -0.4 is 5.32 Å². The summed E-state index contributed by atoms with van der Waals surface area (Å²) in [5.74, 6) is 0. The molecule has 0 saturated carbocycles. The maximum Gasteiger partial charge on any atom is 0.270 e. The van der Waals surface area contributed by atoms with Gasteiger partial charge in [-0.05, 0) is 41.3 Å². The molecule has 1 aromatic carbocycles. The molecule has 0 saturated heterocycles. The Morgan fingerprint density at radius 1 is 1.41 bits per heavy atom. The first kappa shape index (κ1) is 12.1. The highest BCUT2D eigenvalue weighted by Gasteiger charge is 2.13. The summed E-state index contributed by atoms with van der Waals surface area (Å²) in [4.78, 5) is 10.2. The normalized spacial score (nSPS) is 19.0. The zero-order valence-electron chi connectivity index (χ0n) is 9.23. The van der Waals surface area contributed by atoms with E-state index in [0.29, 0.717) is 6.04 Å². The smallest absolute Gasteiger partial charge is 0.270 e. The molecule has 1 unspecified atom stereocenters. The molecule has 1 aromatic rings. The van der Waals surface area contributed by atoms with Crippen molar-refractivity contribution in [3.05, 3.63) is 44.9 Å². The number of hydrogen-bond acceptors (Lipinski definition) is 3. The highest BCUT2D eigenvalue weighted by atomic mass is 79.9. The lowest BCUT2D eigenvalue weighted by Gasteiger charge is -2.21. The van der Waals surface area contributed by atoms with E-state index < -0.39 is 4.92 Å². The summed E-state index contributed by atoms with van der Waals surface area (Å²) in [6, 6.07) is 5.21. The van der Waals surface area contributed by atoms with E-state index in [1.165, 1.54) is 12.1 Å². The summed E-state index contributed by atoms with van der Waals surface area (Å²) in [6.45, 7) is 0. The minimum atomic E-state index is -0.391. The van der Waals surface area contributed by atoms with Crippen LogP contribution in [0.2, 0.25) is 0 Å². The van der Waals surface area contributed by atoms with Crippen LogP contribution in [0.15, 0.2) is 34.8 Å². The van der Waals surface area contributed by atoms with E-state index in [2.05, 4.69) is 33.4 Å². The van der Waals surface area contributed by atoms with Crippen molar-refractivity contribution in [2.24, 2.45) is 0 Å². The van der Waals surface area contributed by atoms with Crippen molar-refractivity contribution < 1.29 is 4.92 Å². The lowest BCUT2D eigenvalue weighted by molar-refractivity contribution is -0.384. The number of hydrogen-bond donors (Lipinski definition) is 1. The molecule has 2 rings (SSSR count). The second kappa shape index (κ2) is 5.31. The topological polar surface area (TPSA) is 55.2 Å². The molecule has 0 heterocycles. The average Bonchev–Trinajstić information content (AvgIpc) is 2.33. The average molecular weight is 297 g/mol. The number of nitro benzene ring substituents is 1. The van der Waals surface area contributed by atoms with Gasteiger partial charge in [-0.3, -0.25) is 10.1 Å². The van der Waals surface area contributed by atoms with Crippen LogP contribution in [0.4, 0.5) is 11.4 Å². The van der Waals surface area contributed by atoms with E-state index in [1.807, 2.05) is 0 Å². The largest absolute Gasteiger partial charge is 0.381 e. The molecule has 0 aromatic heterocycles. The molecule has 4 nitrogen and oxygen atoms in total. The quantitative estimate of drug-likeness (QED) is 0.523. The second-order valence-electron chi connectivity index (χ2n) is 4.05. The standard InChI is InChI=1S/C12H13BrN2O2/c13-11-8-10(15(16)17)6-7-12(11)14-9-4-2-1-3-5-9/h1-2,6-9,14H,3-5H2. The maximum absolute atomic E-state index is 10.6. The molecule has 0 amide bonds. The van der Waals surface area contributed by atoms with Gasteiger partial charge in [-0.2, -0.15) is 0 Å². The Hall–Kier alpha value is -1.36. The Labute approximate surface area is 108 Å². The van der Waals surface area contributed by atoms with Crippen LogP contribution in [-0.2, 0) is 0 Å². The lowest BCUT2D eigenvalue weighted by atomic mass is 10.0. The Morgan fingerprint density at radius 3 is 2.82 bits per heavy atom. The number of benzene rings is 1. The highest BCUT2D eigenvalue weighted by molar-refractivity contribution is 9.10. The number of non-ortho nitro benzene ring substituents is 1. The Morgan fingerprint density at radius 2 is 2.24 bits per heavy atom. The van der Waals surface area contributed by atoms with Crippen LogP contribution in [0.25, 0.3) is 0 Å². The Bertz CT molecular complexity index is 460. The third kappa shape index (κ3) is 3.06. The minimum absolute atomic E-state index is 0.103. The molecule has 5 heteroatoms. The Balaban J connectivity index is 2.11. The third-order valence-electron chi connectivity index (χ3n) is 2.79. The molecule has 0 fully saturated rings. The number of nitrogens with zero attached hydrogens (tertiary/aromatic N) is 1. The summed E-state index contributed by atoms with van der Waals surface area (Å²) >= 11 is 3.36. The van der Waals surface area contributed by atoms with Gasteiger partial charge in [-0.25, -0.2) is 0 Å². The number of rotatable bonds is 3. The molecular formula is C12H13BrN2O2. The zero-order valence-corrected chi connectivity index (χ0v) is 10.8. The van der Waals surface area contributed by atoms with Crippen molar-refractivity contribution in [2.75, 3.05) is 5.32 Å². The summed E-state index contributed by atoms with van der Waals surface area (Å²) < 4.78 is 0.737. The molecule has 1 atom stereocenters. The molecule has 0 spiro atoms. The summed E-state index contributed by atoms with van der Waals surface area (Å²) in [5.41, 5.74) is 1.02. The van der Waals surface area contributed by atoms with Crippen LogP contribution in [0.3, 0.4) is 0 Å². The van der Waals surface area contributed by atoms with Crippen molar-refractivity contribution in [1.29, 1.82) is 0 Å². The minimum Gasteiger partial charge on any atom is -0.381 e. The first-order valence-corrected chi connectivity index (χ1v) is 6.31. The number of halogens is 1. The van der Waals surface area contributed by atoms with E-state index in [-0.39, 0.29) is 5.69 Å². The van der Waals surface area contributed by atoms with Gasteiger partial charge in [-0.15, -0.1) is 0 Å². The molecular weight excluding hydrogens is 284 g/mol. The highest BCUT2D eigenvalue weighted by Crippen LogP contribution is 2.29. The molecule has 17 heavy (non-hydrogen) atoms. The number of nitrogens with one attached hydrogen (secondary N) is 1. The van der Waals surface area contributed by atoms with Gasteiger partial charge in [0.05, 0.1) is 4.92 Å². The van der Waals surface area contributed by atoms with Gasteiger partial charge in [0.15, 0.2) is 0 Å². The monoisotopic (exact) mass is 296 g/mol. The predicted molar refractivity (Wildman–Crippen MR) is 71.2 cm³/mol. The third-order valence-corrected chi connectivity index (χ3v) is 3.45. The van der Waals surface area contributed by atoms with Crippen LogP contribution in [-0.4, -0.2) is 11.0 Å². The van der Waals surface area contributed by atoms with E-state index in [4.69, 9.17) is 0 Å². The molecule has 0 bridgehead atoms. The van der Waals surface area contributed by atoms with E-state index in [0.717, 1.165) is 29.4 Å². The van der Waals surface area contributed by atoms with Gasteiger partial charge in [0.2, 0.25) is 0 Å². The van der Waals surface area contributed by atoms with Gasteiger partial charge in [-0.1, -0.05) is 12.2 Å². The summed E-state index contributed by atoms with van der Waals surface area (Å²) in [6.07, 6.45) is 7.54. The van der Waals surface area contributed by atoms with Crippen molar-refractivity contribution in [3.8, 4) is 0 Å². The molecule has 0 aliphatic heterocycles. The van der Waals surface area contributed by atoms with E-state index in [9.17, 15) is 10.1 Å². The van der Waals surface area contributed by atoms with Gasteiger partial charge in [0.1, 0.15) is 0 Å². The molecule has 0 radical (unpaired) electrons. The maximum atomic E-state index is 10.6. The fourth-order valence-electron chi connectivity index (χ4n) is 1.88. The zero-order chi connectivity index (χ0) is 12.3. The fraction of sp³-hybridized carbons (Fsp3) is 0.333. The van der Waals surface area contributed by atoms with Gasteiger partial charge in [0.25, 0.3) is 5.69 Å². The Kier molecular flexibility index (Phi) is 3.78. The molecule has 90 valence electrons. The van der Waals surface area contributed by atoms with Crippen LogP contribution in [0, 0.1) is 10.1 Å². The van der Waals surface area contributed by atoms with Gasteiger partial charge < -0.3 is 5.32 Å². The van der Waals surface area contributed by atoms with Crippen molar-refractivity contribution >= 4 is 27.3 Å². The van der Waals surface area contributed by atoms with Gasteiger partial charge >= 0.3 is 0 Å². The predicted octanol–water partition coefficient (Wildman–Crippen LogP) is 3.88. The molecule has 1 aliphatic carbocycles. The van der Waals surface area contributed by atoms with E-state index >= 15 is 0 Å². The fourth-order valence-corrected chi connectivity index (χ4v) is 2.36. The van der Waals surface area contributed by atoms with Gasteiger partial charge in [0, 0.05) is 28.3 Å². The summed E-state index contributed by atoms with van der Waals surface area (Å²) in [5, 5.41) is 14.0. The first-order valence-electron chi connectivity index (χ1n) is 5.52. The molecule has 1 aliphatic rings. The van der Waals surface area contributed by atoms with Crippen LogP contribution >= 0.6 is 15.9 Å². The number of anilines is 1. The van der Waals surface area contributed by atoms with Crippen LogP contribution in [0.5, 0.6) is 0 Å². The SMILES string of the molecule is O=[N+]([O-])c1ccc(NC2CC=CCC2)c(Br)c1. The van der Waals surface area contributed by atoms with E-state index in [1.54, 1.807) is 6.07 Å². The number of allylic oxidation sites excluding steroid dienone is 1.